The summed E-state index contributed by atoms with van der Waals surface area (Å²) in [5.74, 6) is 1.24. The molecule has 2 aromatic rings. The number of amides is 1. The van der Waals surface area contributed by atoms with Crippen LogP contribution in [0.25, 0.3) is 0 Å². The van der Waals surface area contributed by atoms with Crippen molar-refractivity contribution in [2.24, 2.45) is 5.92 Å². The Labute approximate surface area is 174 Å². The van der Waals surface area contributed by atoms with E-state index in [4.69, 9.17) is 4.74 Å². The SMILES string of the molecule is CNC(=O)CCCCN(Cc1ccc(F)cc1)Cc1ccc(OCC(C)C)cc1. The fourth-order valence-electron chi connectivity index (χ4n) is 3.02. The number of nitrogens with zero attached hydrogens (tertiary/aromatic N) is 1. The molecule has 29 heavy (non-hydrogen) atoms. The smallest absolute Gasteiger partial charge is 0.219 e. The molecule has 158 valence electrons. The monoisotopic (exact) mass is 400 g/mol. The van der Waals surface area contributed by atoms with E-state index in [9.17, 15) is 9.18 Å². The molecule has 0 aromatic heterocycles. The van der Waals surface area contributed by atoms with Gasteiger partial charge < -0.3 is 10.1 Å². The fourth-order valence-corrected chi connectivity index (χ4v) is 3.02. The van der Waals surface area contributed by atoms with Crippen LogP contribution in [0.2, 0.25) is 0 Å². The zero-order chi connectivity index (χ0) is 21.1. The summed E-state index contributed by atoms with van der Waals surface area (Å²) in [6.07, 6.45) is 2.33. The Kier molecular flexibility index (Phi) is 9.65. The Morgan fingerprint density at radius 1 is 1.00 bits per heavy atom. The molecule has 0 saturated carbocycles. The Balaban J connectivity index is 1.95. The second-order valence-corrected chi connectivity index (χ2v) is 7.82. The number of benzene rings is 2. The van der Waals surface area contributed by atoms with Crippen LogP contribution >= 0.6 is 0 Å². The number of hydrogen-bond acceptors (Lipinski definition) is 3. The summed E-state index contributed by atoms with van der Waals surface area (Å²) in [6, 6.07) is 14.9. The molecule has 4 nitrogen and oxygen atoms in total. The van der Waals surface area contributed by atoms with Crippen molar-refractivity contribution in [2.75, 3.05) is 20.2 Å². The van der Waals surface area contributed by atoms with E-state index >= 15 is 0 Å². The average Bonchev–Trinajstić information content (AvgIpc) is 2.72. The van der Waals surface area contributed by atoms with Crippen LogP contribution in [-0.4, -0.2) is 31.0 Å². The van der Waals surface area contributed by atoms with Gasteiger partial charge in [-0.25, -0.2) is 4.39 Å². The summed E-state index contributed by atoms with van der Waals surface area (Å²) in [7, 11) is 1.66. The third-order valence-electron chi connectivity index (χ3n) is 4.64. The van der Waals surface area contributed by atoms with Gasteiger partial charge in [-0.15, -0.1) is 0 Å². The van der Waals surface area contributed by atoms with Crippen molar-refractivity contribution in [1.82, 2.24) is 10.2 Å². The van der Waals surface area contributed by atoms with Gasteiger partial charge in [0.05, 0.1) is 6.61 Å². The van der Waals surface area contributed by atoms with Crippen molar-refractivity contribution in [3.63, 3.8) is 0 Å². The van der Waals surface area contributed by atoms with E-state index in [-0.39, 0.29) is 11.7 Å². The summed E-state index contributed by atoms with van der Waals surface area (Å²) in [6.45, 7) is 7.38. The topological polar surface area (TPSA) is 41.6 Å². The molecule has 0 aliphatic heterocycles. The predicted molar refractivity (Wildman–Crippen MR) is 115 cm³/mol. The number of unbranched alkanes of at least 4 members (excludes halogenated alkanes) is 1. The first-order valence-electron chi connectivity index (χ1n) is 10.4. The molecule has 0 aliphatic carbocycles. The number of carbonyl (C=O) groups excluding carboxylic acids is 1. The molecule has 0 fully saturated rings. The maximum Gasteiger partial charge on any atom is 0.219 e. The molecule has 1 N–H and O–H groups in total. The van der Waals surface area contributed by atoms with Gasteiger partial charge in [0.15, 0.2) is 0 Å². The minimum Gasteiger partial charge on any atom is -0.493 e. The van der Waals surface area contributed by atoms with Crippen LogP contribution in [0.5, 0.6) is 5.75 Å². The zero-order valence-corrected chi connectivity index (χ0v) is 17.8. The molecule has 5 heteroatoms. The van der Waals surface area contributed by atoms with Gasteiger partial charge in [-0.1, -0.05) is 38.1 Å². The molecule has 0 saturated heterocycles. The predicted octanol–water partition coefficient (Wildman–Crippen LogP) is 4.78. The molecule has 0 heterocycles. The van der Waals surface area contributed by atoms with Crippen molar-refractivity contribution in [3.05, 3.63) is 65.5 Å². The zero-order valence-electron chi connectivity index (χ0n) is 17.8. The first-order valence-corrected chi connectivity index (χ1v) is 10.4. The van der Waals surface area contributed by atoms with Crippen molar-refractivity contribution in [2.45, 2.75) is 46.2 Å². The molecule has 2 aromatic carbocycles. The van der Waals surface area contributed by atoms with Crippen LogP contribution in [0.1, 0.15) is 44.2 Å². The second kappa shape index (κ2) is 12.2. The Morgan fingerprint density at radius 2 is 1.59 bits per heavy atom. The lowest BCUT2D eigenvalue weighted by atomic mass is 10.1. The van der Waals surface area contributed by atoms with E-state index in [0.717, 1.165) is 43.8 Å². The highest BCUT2D eigenvalue weighted by Crippen LogP contribution is 2.17. The number of rotatable bonds is 12. The maximum absolute atomic E-state index is 13.2. The van der Waals surface area contributed by atoms with Gasteiger partial charge in [-0.3, -0.25) is 9.69 Å². The van der Waals surface area contributed by atoms with Crippen LogP contribution in [0, 0.1) is 11.7 Å². The van der Waals surface area contributed by atoms with Gasteiger partial charge in [0.25, 0.3) is 0 Å². The number of nitrogens with one attached hydrogen (secondary N) is 1. The normalized spacial score (nSPS) is 11.1. The van der Waals surface area contributed by atoms with Crippen molar-refractivity contribution in [3.8, 4) is 5.75 Å². The molecule has 0 atom stereocenters. The van der Waals surface area contributed by atoms with E-state index < -0.39 is 0 Å². The molecule has 1 amide bonds. The number of carbonyl (C=O) groups is 1. The maximum atomic E-state index is 13.2. The molecule has 0 unspecified atom stereocenters. The largest absolute Gasteiger partial charge is 0.493 e. The molecule has 0 bridgehead atoms. The van der Waals surface area contributed by atoms with Gasteiger partial charge in [-0.05, 0) is 60.7 Å². The number of ether oxygens (including phenoxy) is 1. The molecular weight excluding hydrogens is 367 g/mol. The fraction of sp³-hybridized carbons (Fsp3) is 0.458. The molecule has 0 spiro atoms. The minimum absolute atomic E-state index is 0.0760. The van der Waals surface area contributed by atoms with Gasteiger partial charge in [0, 0.05) is 26.6 Å². The summed E-state index contributed by atoms with van der Waals surface area (Å²) in [4.78, 5) is 13.8. The molecule has 0 aliphatic rings. The first kappa shape index (κ1) is 22.9. The summed E-state index contributed by atoms with van der Waals surface area (Å²) < 4.78 is 19.0. The lowest BCUT2D eigenvalue weighted by Crippen LogP contribution is -2.24. The van der Waals surface area contributed by atoms with Crippen LogP contribution in [0.4, 0.5) is 4.39 Å². The highest BCUT2D eigenvalue weighted by molar-refractivity contribution is 5.75. The van der Waals surface area contributed by atoms with Crippen LogP contribution in [-0.2, 0) is 17.9 Å². The van der Waals surface area contributed by atoms with Gasteiger partial charge >= 0.3 is 0 Å². The highest BCUT2D eigenvalue weighted by Gasteiger charge is 2.09. The van der Waals surface area contributed by atoms with E-state index in [1.54, 1.807) is 7.05 Å². The van der Waals surface area contributed by atoms with E-state index in [1.807, 2.05) is 24.3 Å². The Hall–Kier alpha value is -2.40. The second-order valence-electron chi connectivity index (χ2n) is 7.82. The average molecular weight is 401 g/mol. The van der Waals surface area contributed by atoms with Crippen LogP contribution in [0.3, 0.4) is 0 Å². The van der Waals surface area contributed by atoms with Crippen LogP contribution < -0.4 is 10.1 Å². The van der Waals surface area contributed by atoms with E-state index in [1.165, 1.54) is 17.7 Å². The highest BCUT2D eigenvalue weighted by atomic mass is 19.1. The quantitative estimate of drug-likeness (QED) is 0.522. The van der Waals surface area contributed by atoms with Crippen molar-refractivity contribution < 1.29 is 13.9 Å². The lowest BCUT2D eigenvalue weighted by molar-refractivity contribution is -0.120. The number of hydrogen-bond donors (Lipinski definition) is 1. The number of halogens is 1. The first-order chi connectivity index (χ1) is 14.0. The molecule has 2 rings (SSSR count). The van der Waals surface area contributed by atoms with Gasteiger partial charge in [0.2, 0.25) is 5.91 Å². The van der Waals surface area contributed by atoms with E-state index in [2.05, 4.69) is 36.2 Å². The third-order valence-corrected chi connectivity index (χ3v) is 4.64. The molecule has 0 radical (unpaired) electrons. The minimum atomic E-state index is -0.220. The van der Waals surface area contributed by atoms with Gasteiger partial charge in [-0.2, -0.15) is 0 Å². The van der Waals surface area contributed by atoms with E-state index in [0.29, 0.717) is 18.9 Å². The standard InChI is InChI=1S/C24H33FN2O2/c1-19(2)18-29-23-13-9-21(10-14-23)17-27(15-5-4-6-24(28)26-3)16-20-7-11-22(25)12-8-20/h7-14,19H,4-6,15-18H2,1-3H3,(H,26,28). The Bertz CT molecular complexity index is 730. The molecular formula is C24H33FN2O2. The summed E-state index contributed by atoms with van der Waals surface area (Å²) in [5, 5.41) is 2.66. The van der Waals surface area contributed by atoms with Gasteiger partial charge in [0.1, 0.15) is 11.6 Å². The van der Waals surface area contributed by atoms with Crippen molar-refractivity contribution in [1.29, 1.82) is 0 Å². The van der Waals surface area contributed by atoms with Crippen molar-refractivity contribution >= 4 is 5.91 Å². The lowest BCUT2D eigenvalue weighted by Gasteiger charge is -2.23. The summed E-state index contributed by atoms with van der Waals surface area (Å²) in [5.41, 5.74) is 2.28. The Morgan fingerprint density at radius 3 is 2.14 bits per heavy atom. The third kappa shape index (κ3) is 9.09. The van der Waals surface area contributed by atoms with Crippen LogP contribution in [0.15, 0.2) is 48.5 Å². The summed E-state index contributed by atoms with van der Waals surface area (Å²) >= 11 is 0.